The summed E-state index contributed by atoms with van der Waals surface area (Å²) < 4.78 is 11.4. The van der Waals surface area contributed by atoms with Crippen LogP contribution in [0.1, 0.15) is 25.7 Å². The monoisotopic (exact) mass is 523 g/mol. The molecule has 1 fully saturated rings. The number of halogens is 1. The highest BCUT2D eigenvalue weighted by atomic mass is 35.5. The first kappa shape index (κ1) is 24.1. The van der Waals surface area contributed by atoms with Crippen molar-refractivity contribution in [2.24, 2.45) is 0 Å². The SMILES string of the molecule is Clc1ccc2nc(-c3ccccc3)oc2n1.c1ccc(-c2nc3ccc(N4CCCCCC4)nc3o2)cc1. The molecule has 2 aromatic carbocycles. The summed E-state index contributed by atoms with van der Waals surface area (Å²) in [6.07, 6.45) is 5.12. The Labute approximate surface area is 225 Å². The Balaban J connectivity index is 0.000000146. The van der Waals surface area contributed by atoms with Crippen LogP contribution in [0.15, 0.2) is 93.8 Å². The third kappa shape index (κ3) is 5.38. The summed E-state index contributed by atoms with van der Waals surface area (Å²) in [5, 5.41) is 0.406. The van der Waals surface area contributed by atoms with Gasteiger partial charge in [0.15, 0.2) is 0 Å². The second-order valence-corrected chi connectivity index (χ2v) is 9.51. The fraction of sp³-hybridized carbons (Fsp3) is 0.200. The van der Waals surface area contributed by atoms with Crippen molar-refractivity contribution in [3.63, 3.8) is 0 Å². The molecule has 190 valence electrons. The van der Waals surface area contributed by atoms with Crippen molar-refractivity contribution in [1.82, 2.24) is 19.9 Å². The maximum atomic E-state index is 5.87. The summed E-state index contributed by atoms with van der Waals surface area (Å²) in [6.45, 7) is 2.16. The number of fused-ring (bicyclic) bond motifs is 2. The average molecular weight is 524 g/mol. The van der Waals surface area contributed by atoms with E-state index < -0.39 is 0 Å². The number of aromatic nitrogens is 4. The molecule has 0 spiro atoms. The molecule has 7 nitrogen and oxygen atoms in total. The highest BCUT2D eigenvalue weighted by molar-refractivity contribution is 6.29. The number of anilines is 1. The molecule has 4 aromatic heterocycles. The fourth-order valence-electron chi connectivity index (χ4n) is 4.49. The molecule has 6 aromatic rings. The van der Waals surface area contributed by atoms with E-state index in [2.05, 4.69) is 30.9 Å². The summed E-state index contributed by atoms with van der Waals surface area (Å²) in [5.41, 5.74) is 4.53. The first-order valence-electron chi connectivity index (χ1n) is 12.8. The minimum Gasteiger partial charge on any atom is -0.418 e. The number of pyridine rings is 2. The van der Waals surface area contributed by atoms with Crippen molar-refractivity contribution < 1.29 is 8.83 Å². The molecule has 1 aliphatic heterocycles. The van der Waals surface area contributed by atoms with Crippen LogP contribution < -0.4 is 4.90 Å². The Morgan fingerprint density at radius 1 is 0.553 bits per heavy atom. The molecule has 0 unspecified atom stereocenters. The van der Waals surface area contributed by atoms with E-state index >= 15 is 0 Å². The minimum atomic E-state index is 0.406. The maximum Gasteiger partial charge on any atom is 0.249 e. The average Bonchev–Trinajstić information content (AvgIpc) is 3.49. The molecule has 1 saturated heterocycles. The summed E-state index contributed by atoms with van der Waals surface area (Å²) in [7, 11) is 0. The lowest BCUT2D eigenvalue weighted by Gasteiger charge is -2.20. The van der Waals surface area contributed by atoms with Gasteiger partial charge in [-0.1, -0.05) is 60.8 Å². The van der Waals surface area contributed by atoms with E-state index in [4.69, 9.17) is 20.4 Å². The smallest absolute Gasteiger partial charge is 0.249 e. The molecule has 0 aliphatic carbocycles. The van der Waals surface area contributed by atoms with E-state index in [1.54, 1.807) is 12.1 Å². The van der Waals surface area contributed by atoms with E-state index in [1.165, 1.54) is 25.7 Å². The topological polar surface area (TPSA) is 81.1 Å². The van der Waals surface area contributed by atoms with Crippen molar-refractivity contribution >= 4 is 39.9 Å². The number of nitrogens with zero attached hydrogens (tertiary/aromatic N) is 5. The molecule has 0 amide bonds. The third-order valence-electron chi connectivity index (χ3n) is 6.43. The molecule has 5 heterocycles. The lowest BCUT2D eigenvalue weighted by atomic mass is 10.2. The van der Waals surface area contributed by atoms with E-state index in [0.29, 0.717) is 33.9 Å². The summed E-state index contributed by atoms with van der Waals surface area (Å²) in [5.74, 6) is 2.20. The van der Waals surface area contributed by atoms with Crippen LogP contribution in [-0.4, -0.2) is 33.0 Å². The molecular weight excluding hydrogens is 498 g/mol. The third-order valence-corrected chi connectivity index (χ3v) is 6.64. The normalized spacial score (nSPS) is 13.8. The van der Waals surface area contributed by atoms with Gasteiger partial charge in [0.25, 0.3) is 0 Å². The van der Waals surface area contributed by atoms with Crippen LogP contribution in [0, 0.1) is 0 Å². The number of oxazole rings is 2. The quantitative estimate of drug-likeness (QED) is 0.219. The zero-order valence-corrected chi connectivity index (χ0v) is 21.5. The first-order valence-corrected chi connectivity index (χ1v) is 13.2. The first-order chi connectivity index (χ1) is 18.7. The highest BCUT2D eigenvalue weighted by Crippen LogP contribution is 2.26. The van der Waals surface area contributed by atoms with Crippen LogP contribution in [0.3, 0.4) is 0 Å². The van der Waals surface area contributed by atoms with Crippen molar-refractivity contribution in [3.8, 4) is 22.9 Å². The largest absolute Gasteiger partial charge is 0.418 e. The minimum absolute atomic E-state index is 0.406. The highest BCUT2D eigenvalue weighted by Gasteiger charge is 2.14. The molecule has 0 saturated carbocycles. The van der Waals surface area contributed by atoms with Crippen LogP contribution in [0.5, 0.6) is 0 Å². The van der Waals surface area contributed by atoms with Gasteiger partial charge in [0.2, 0.25) is 23.2 Å². The second-order valence-electron chi connectivity index (χ2n) is 9.12. The van der Waals surface area contributed by atoms with Gasteiger partial charge in [-0.05, 0) is 61.4 Å². The lowest BCUT2D eigenvalue weighted by molar-refractivity contribution is 0.606. The molecule has 0 bridgehead atoms. The van der Waals surface area contributed by atoms with Crippen molar-refractivity contribution in [2.45, 2.75) is 25.7 Å². The number of hydrogen-bond acceptors (Lipinski definition) is 7. The molecule has 0 radical (unpaired) electrons. The molecule has 0 atom stereocenters. The zero-order valence-electron chi connectivity index (χ0n) is 20.8. The van der Waals surface area contributed by atoms with Crippen LogP contribution in [-0.2, 0) is 0 Å². The molecule has 8 heteroatoms. The fourth-order valence-corrected chi connectivity index (χ4v) is 4.63. The Morgan fingerprint density at radius 3 is 1.66 bits per heavy atom. The van der Waals surface area contributed by atoms with Gasteiger partial charge in [-0.25, -0.2) is 9.97 Å². The predicted molar refractivity (Wildman–Crippen MR) is 150 cm³/mol. The molecule has 1 aliphatic rings. The Kier molecular flexibility index (Phi) is 7.00. The van der Waals surface area contributed by atoms with Crippen molar-refractivity contribution in [2.75, 3.05) is 18.0 Å². The lowest BCUT2D eigenvalue weighted by Crippen LogP contribution is -2.24. The van der Waals surface area contributed by atoms with Crippen LogP contribution >= 0.6 is 11.6 Å². The number of hydrogen-bond donors (Lipinski definition) is 0. The Bertz CT molecular complexity index is 1640. The van der Waals surface area contributed by atoms with Gasteiger partial charge in [0, 0.05) is 24.2 Å². The zero-order chi connectivity index (χ0) is 25.7. The van der Waals surface area contributed by atoms with Crippen molar-refractivity contribution in [1.29, 1.82) is 0 Å². The van der Waals surface area contributed by atoms with Gasteiger partial charge in [0.1, 0.15) is 22.0 Å². The maximum absolute atomic E-state index is 5.87. The van der Waals surface area contributed by atoms with Crippen LogP contribution in [0.25, 0.3) is 45.4 Å². The van der Waals surface area contributed by atoms with Gasteiger partial charge in [-0.15, -0.1) is 0 Å². The molecule has 7 rings (SSSR count). The predicted octanol–water partition coefficient (Wildman–Crippen LogP) is 7.81. The standard InChI is InChI=1S/C18H19N3O.C12H7ClN2O/c1-2-7-13-21(12-6-1)16-11-10-15-18(20-16)22-17(19-15)14-8-4-3-5-9-14;13-10-7-6-9-12(15-10)16-11(14-9)8-4-2-1-3-5-8/h3-5,8-11H,1-2,6-7,12-13H2;1-7H. The summed E-state index contributed by atoms with van der Waals surface area (Å²) in [4.78, 5) is 20.0. The van der Waals surface area contributed by atoms with Gasteiger partial charge in [0.05, 0.1) is 0 Å². The number of rotatable bonds is 3. The van der Waals surface area contributed by atoms with Crippen molar-refractivity contribution in [3.05, 3.63) is 90.1 Å². The summed E-state index contributed by atoms with van der Waals surface area (Å²) >= 11 is 5.78. The Hall–Kier alpha value is -4.23. The summed E-state index contributed by atoms with van der Waals surface area (Å²) in [6, 6.07) is 27.2. The molecule has 0 N–H and O–H groups in total. The second kappa shape index (κ2) is 11.0. The van der Waals surface area contributed by atoms with Gasteiger partial charge >= 0.3 is 0 Å². The van der Waals surface area contributed by atoms with E-state index in [0.717, 1.165) is 35.6 Å². The van der Waals surface area contributed by atoms with E-state index in [-0.39, 0.29) is 0 Å². The van der Waals surface area contributed by atoms with Gasteiger partial charge in [-0.3, -0.25) is 0 Å². The van der Waals surface area contributed by atoms with Gasteiger partial charge < -0.3 is 13.7 Å². The number of benzene rings is 2. The molecular formula is C30H26ClN5O2. The van der Waals surface area contributed by atoms with Crippen LogP contribution in [0.4, 0.5) is 5.82 Å². The van der Waals surface area contributed by atoms with E-state index in [1.807, 2.05) is 66.7 Å². The van der Waals surface area contributed by atoms with Gasteiger partial charge in [-0.2, -0.15) is 9.97 Å². The molecule has 38 heavy (non-hydrogen) atoms. The van der Waals surface area contributed by atoms with E-state index in [9.17, 15) is 0 Å². The Morgan fingerprint density at radius 2 is 1.08 bits per heavy atom. The van der Waals surface area contributed by atoms with Crippen LogP contribution in [0.2, 0.25) is 5.15 Å².